The number of rotatable bonds is 3. The summed E-state index contributed by atoms with van der Waals surface area (Å²) in [6.45, 7) is 1.04. The van der Waals surface area contributed by atoms with Gasteiger partial charge < -0.3 is 10.4 Å². The van der Waals surface area contributed by atoms with Gasteiger partial charge in [-0.2, -0.15) is 18.3 Å². The molecule has 1 fully saturated rings. The van der Waals surface area contributed by atoms with Gasteiger partial charge in [0.25, 0.3) is 0 Å². The van der Waals surface area contributed by atoms with Crippen LogP contribution >= 0.6 is 0 Å². The second kappa shape index (κ2) is 5.09. The van der Waals surface area contributed by atoms with E-state index in [0.717, 1.165) is 6.07 Å². The minimum absolute atomic E-state index is 0.0248. The molecular weight excluding hydrogens is 311 g/mol. The molecule has 0 saturated carbocycles. The van der Waals surface area contributed by atoms with E-state index in [1.54, 1.807) is 0 Å². The van der Waals surface area contributed by atoms with Gasteiger partial charge in [0.05, 0.1) is 22.8 Å². The highest BCUT2D eigenvalue weighted by molar-refractivity contribution is 7.91. The first-order valence-electron chi connectivity index (χ1n) is 6.09. The molecule has 1 saturated heterocycles. The van der Waals surface area contributed by atoms with Crippen LogP contribution in [0, 0.1) is 6.92 Å². The summed E-state index contributed by atoms with van der Waals surface area (Å²) in [7, 11) is -3.35. The number of nitrogens with one attached hydrogen (secondary N) is 1. The van der Waals surface area contributed by atoms with Crippen LogP contribution in [0.3, 0.4) is 0 Å². The van der Waals surface area contributed by atoms with Gasteiger partial charge in [0.15, 0.2) is 15.7 Å². The fourth-order valence-electron chi connectivity index (χ4n) is 2.12. The van der Waals surface area contributed by atoms with Gasteiger partial charge in [-0.1, -0.05) is 0 Å². The molecule has 1 aliphatic heterocycles. The van der Waals surface area contributed by atoms with Crippen molar-refractivity contribution >= 4 is 15.7 Å². The predicted molar refractivity (Wildman–Crippen MR) is 68.5 cm³/mol. The zero-order valence-corrected chi connectivity index (χ0v) is 11.9. The lowest BCUT2D eigenvalue weighted by molar-refractivity contribution is -0.137. The van der Waals surface area contributed by atoms with Gasteiger partial charge in [0.2, 0.25) is 0 Å². The molecule has 1 atom stereocenters. The van der Waals surface area contributed by atoms with E-state index in [9.17, 15) is 26.7 Å². The number of halogens is 3. The number of hydrogen-bond acceptors (Lipinski definition) is 6. The third-order valence-corrected chi connectivity index (χ3v) is 4.98. The number of hydrogen-bond donors (Lipinski definition) is 2. The summed E-state index contributed by atoms with van der Waals surface area (Å²) in [6, 6.07) is 0.838. The van der Waals surface area contributed by atoms with Gasteiger partial charge in [0.1, 0.15) is 5.56 Å². The van der Waals surface area contributed by atoms with E-state index in [2.05, 4.69) is 15.5 Å². The van der Waals surface area contributed by atoms with Crippen LogP contribution in [-0.4, -0.2) is 47.4 Å². The van der Waals surface area contributed by atoms with Gasteiger partial charge >= 0.3 is 6.18 Å². The van der Waals surface area contributed by atoms with Crippen LogP contribution in [0.15, 0.2) is 6.07 Å². The SMILES string of the molecule is Cc1cc(C(F)(F)F)c(NCC2(O)CCS(=O)(=O)C2)nn1. The second-order valence-corrected chi connectivity index (χ2v) is 7.35. The summed E-state index contributed by atoms with van der Waals surface area (Å²) < 4.78 is 61.3. The Balaban J connectivity index is 2.18. The molecular formula is C11H14F3N3O3S. The number of aromatic nitrogens is 2. The van der Waals surface area contributed by atoms with Crippen molar-refractivity contribution in [2.45, 2.75) is 25.1 Å². The molecule has 2 heterocycles. The standard InChI is InChI=1S/C11H14F3N3O3S/c1-7-4-8(11(12,13)14)9(17-16-7)15-5-10(18)2-3-21(19,20)6-10/h4,18H,2-3,5-6H2,1H3,(H,15,17). The van der Waals surface area contributed by atoms with Crippen molar-refractivity contribution in [1.82, 2.24) is 10.2 Å². The van der Waals surface area contributed by atoms with Crippen molar-refractivity contribution in [2.75, 3.05) is 23.4 Å². The maximum absolute atomic E-state index is 12.9. The molecule has 0 radical (unpaired) electrons. The van der Waals surface area contributed by atoms with E-state index in [4.69, 9.17) is 0 Å². The van der Waals surface area contributed by atoms with Crippen LogP contribution in [0.1, 0.15) is 17.7 Å². The van der Waals surface area contributed by atoms with Crippen LogP contribution in [0.25, 0.3) is 0 Å². The van der Waals surface area contributed by atoms with E-state index in [1.807, 2.05) is 0 Å². The molecule has 1 aromatic heterocycles. The molecule has 21 heavy (non-hydrogen) atoms. The summed E-state index contributed by atoms with van der Waals surface area (Å²) in [5.41, 5.74) is -2.48. The number of nitrogens with zero attached hydrogens (tertiary/aromatic N) is 2. The van der Waals surface area contributed by atoms with Gasteiger partial charge in [0, 0.05) is 6.54 Å². The highest BCUT2D eigenvalue weighted by atomic mass is 32.2. The Morgan fingerprint density at radius 1 is 1.43 bits per heavy atom. The van der Waals surface area contributed by atoms with Crippen LogP contribution in [0.5, 0.6) is 0 Å². The molecule has 6 nitrogen and oxygen atoms in total. The predicted octanol–water partition coefficient (Wildman–Crippen LogP) is 0.765. The van der Waals surface area contributed by atoms with Crippen molar-refractivity contribution in [3.8, 4) is 0 Å². The smallest absolute Gasteiger partial charge is 0.387 e. The third kappa shape index (κ3) is 3.82. The molecule has 1 aromatic rings. The highest BCUT2D eigenvalue weighted by Crippen LogP contribution is 2.34. The summed E-state index contributed by atoms with van der Waals surface area (Å²) >= 11 is 0. The molecule has 2 rings (SSSR count). The number of aliphatic hydroxyl groups is 1. The number of aryl methyl sites for hydroxylation is 1. The Morgan fingerprint density at radius 3 is 2.62 bits per heavy atom. The Kier molecular flexibility index (Phi) is 3.87. The molecule has 0 bridgehead atoms. The van der Waals surface area contributed by atoms with E-state index in [0.29, 0.717) is 0 Å². The van der Waals surface area contributed by atoms with E-state index in [1.165, 1.54) is 6.92 Å². The van der Waals surface area contributed by atoms with Crippen molar-refractivity contribution < 1.29 is 26.7 Å². The maximum Gasteiger partial charge on any atom is 0.420 e. The van der Waals surface area contributed by atoms with Crippen molar-refractivity contribution in [3.63, 3.8) is 0 Å². The first-order valence-corrected chi connectivity index (χ1v) is 7.91. The molecule has 0 spiro atoms. The molecule has 2 N–H and O–H groups in total. The zero-order valence-electron chi connectivity index (χ0n) is 11.1. The second-order valence-electron chi connectivity index (χ2n) is 5.17. The number of sulfone groups is 1. The monoisotopic (exact) mass is 325 g/mol. The van der Waals surface area contributed by atoms with E-state index < -0.39 is 38.7 Å². The largest absolute Gasteiger partial charge is 0.420 e. The van der Waals surface area contributed by atoms with Crippen molar-refractivity contribution in [1.29, 1.82) is 0 Å². The molecule has 1 unspecified atom stereocenters. The lowest BCUT2D eigenvalue weighted by Crippen LogP contribution is -2.38. The number of alkyl halides is 3. The first-order chi connectivity index (χ1) is 9.51. The summed E-state index contributed by atoms with van der Waals surface area (Å²) in [4.78, 5) is 0. The summed E-state index contributed by atoms with van der Waals surface area (Å²) in [5.74, 6) is -1.18. The van der Waals surface area contributed by atoms with Crippen LogP contribution in [0.2, 0.25) is 0 Å². The van der Waals surface area contributed by atoms with Gasteiger partial charge in [-0.25, -0.2) is 8.42 Å². The molecule has 10 heteroatoms. The van der Waals surface area contributed by atoms with Crippen molar-refractivity contribution in [3.05, 3.63) is 17.3 Å². The topological polar surface area (TPSA) is 92.2 Å². The van der Waals surface area contributed by atoms with Crippen LogP contribution < -0.4 is 5.32 Å². The normalized spacial score (nSPS) is 25.0. The lowest BCUT2D eigenvalue weighted by Gasteiger charge is -2.22. The van der Waals surface area contributed by atoms with Crippen LogP contribution in [-0.2, 0) is 16.0 Å². The average molecular weight is 325 g/mol. The molecule has 1 aliphatic rings. The zero-order chi connectivity index (χ0) is 15.9. The maximum atomic E-state index is 12.9. The first kappa shape index (κ1) is 16.0. The Labute approximate surface area is 119 Å². The van der Waals surface area contributed by atoms with Gasteiger partial charge in [-0.05, 0) is 19.4 Å². The quantitative estimate of drug-likeness (QED) is 0.853. The minimum Gasteiger partial charge on any atom is -0.387 e. The lowest BCUT2D eigenvalue weighted by atomic mass is 10.0. The van der Waals surface area contributed by atoms with Gasteiger partial charge in [-0.15, -0.1) is 5.10 Å². The van der Waals surface area contributed by atoms with Crippen LogP contribution in [0.4, 0.5) is 19.0 Å². The van der Waals surface area contributed by atoms with E-state index in [-0.39, 0.29) is 24.4 Å². The Morgan fingerprint density at radius 2 is 2.10 bits per heavy atom. The number of anilines is 1. The summed E-state index contributed by atoms with van der Waals surface area (Å²) in [6.07, 6.45) is -4.64. The minimum atomic E-state index is -4.62. The molecule has 0 amide bonds. The fraction of sp³-hybridized carbons (Fsp3) is 0.636. The molecule has 0 aliphatic carbocycles. The molecule has 118 valence electrons. The average Bonchev–Trinajstić information content (AvgIpc) is 2.61. The summed E-state index contributed by atoms with van der Waals surface area (Å²) in [5, 5.41) is 19.4. The Hall–Kier alpha value is -1.42. The van der Waals surface area contributed by atoms with E-state index >= 15 is 0 Å². The van der Waals surface area contributed by atoms with Crippen molar-refractivity contribution in [2.24, 2.45) is 0 Å². The third-order valence-electron chi connectivity index (χ3n) is 3.17. The highest BCUT2D eigenvalue weighted by Gasteiger charge is 2.41. The fourth-order valence-corrected chi connectivity index (χ4v) is 4.02. The Bertz CT molecular complexity index is 648. The molecule has 0 aromatic carbocycles. The van der Waals surface area contributed by atoms with Gasteiger partial charge in [-0.3, -0.25) is 0 Å².